The van der Waals surface area contributed by atoms with Crippen LogP contribution in [0, 0.1) is 0 Å². The van der Waals surface area contributed by atoms with Gasteiger partial charge in [0.15, 0.2) is 5.82 Å². The molecule has 0 saturated heterocycles. The Morgan fingerprint density at radius 2 is 2.35 bits per heavy atom. The van der Waals surface area contributed by atoms with Crippen molar-refractivity contribution in [3.05, 3.63) is 29.7 Å². The zero-order chi connectivity index (χ0) is 14.1. The summed E-state index contributed by atoms with van der Waals surface area (Å²) in [5.41, 5.74) is 8.05. The largest absolute Gasteiger partial charge is 0.397 e. The number of carbonyl (C=O) groups is 1. The molecule has 106 valence electrons. The van der Waals surface area contributed by atoms with Gasteiger partial charge in [-0.2, -0.15) is 5.10 Å². The molecule has 0 radical (unpaired) electrons. The molecule has 3 rings (SSSR count). The van der Waals surface area contributed by atoms with E-state index in [9.17, 15) is 4.79 Å². The average molecular weight is 273 g/mol. The normalized spacial score (nSPS) is 14.4. The van der Waals surface area contributed by atoms with Crippen molar-refractivity contribution in [2.75, 3.05) is 11.1 Å². The van der Waals surface area contributed by atoms with Gasteiger partial charge in [-0.15, -0.1) is 0 Å². The fourth-order valence-corrected chi connectivity index (χ4v) is 2.34. The summed E-state index contributed by atoms with van der Waals surface area (Å²) in [4.78, 5) is 12.3. The summed E-state index contributed by atoms with van der Waals surface area (Å²) in [5.74, 6) is 0.392. The number of aromatic amines is 1. The maximum absolute atomic E-state index is 12.3. The molecule has 0 aliphatic heterocycles. The Balaban J connectivity index is 1.75. The highest BCUT2D eigenvalue weighted by Crippen LogP contribution is 2.37. The lowest BCUT2D eigenvalue weighted by Gasteiger charge is -2.06. The molecule has 4 N–H and O–H groups in total. The zero-order valence-electron chi connectivity index (χ0n) is 11.5. The van der Waals surface area contributed by atoms with E-state index in [4.69, 9.17) is 5.73 Å². The minimum Gasteiger partial charge on any atom is -0.397 e. The number of carbonyl (C=O) groups excluding carboxylic acids is 1. The van der Waals surface area contributed by atoms with E-state index in [0.29, 0.717) is 23.2 Å². The van der Waals surface area contributed by atoms with Gasteiger partial charge in [0.1, 0.15) is 5.69 Å². The highest BCUT2D eigenvalue weighted by molar-refractivity contribution is 6.03. The molecule has 0 atom stereocenters. The molecule has 2 aromatic rings. The lowest BCUT2D eigenvalue weighted by Crippen LogP contribution is -2.16. The van der Waals surface area contributed by atoms with Gasteiger partial charge in [-0.05, 0) is 25.3 Å². The smallest absolute Gasteiger partial charge is 0.273 e. The van der Waals surface area contributed by atoms with E-state index in [1.807, 2.05) is 16.8 Å². The van der Waals surface area contributed by atoms with E-state index in [0.717, 1.165) is 31.4 Å². The van der Waals surface area contributed by atoms with Crippen molar-refractivity contribution in [2.45, 2.75) is 38.6 Å². The number of aryl methyl sites for hydroxylation is 1. The van der Waals surface area contributed by atoms with Crippen LogP contribution in [-0.2, 0) is 6.42 Å². The van der Waals surface area contributed by atoms with Crippen LogP contribution in [0.3, 0.4) is 0 Å². The molecule has 6 nitrogen and oxygen atoms in total. The standard InChI is InChI=1S/C14H19N5O/c1-2-3-10-7-13(18-17-10)16-14(20)12-6-9(15)8-19(12)11-4-5-11/h6-8,11H,2-5,15H2,1H3,(H2,16,17,18,20). The van der Waals surface area contributed by atoms with E-state index < -0.39 is 0 Å². The van der Waals surface area contributed by atoms with Gasteiger partial charge in [-0.25, -0.2) is 0 Å². The molecule has 0 spiro atoms. The molecule has 0 aromatic carbocycles. The van der Waals surface area contributed by atoms with Crippen molar-refractivity contribution < 1.29 is 4.79 Å². The Morgan fingerprint density at radius 3 is 3.05 bits per heavy atom. The number of anilines is 2. The fourth-order valence-electron chi connectivity index (χ4n) is 2.34. The second kappa shape index (κ2) is 5.03. The summed E-state index contributed by atoms with van der Waals surface area (Å²) >= 11 is 0. The number of amides is 1. The van der Waals surface area contributed by atoms with Crippen molar-refractivity contribution >= 4 is 17.4 Å². The number of nitrogens with one attached hydrogen (secondary N) is 2. The van der Waals surface area contributed by atoms with Crippen molar-refractivity contribution in [1.82, 2.24) is 14.8 Å². The predicted octanol–water partition coefficient (Wildman–Crippen LogP) is 2.33. The molecule has 1 saturated carbocycles. The fraction of sp³-hybridized carbons (Fsp3) is 0.429. The molecule has 1 fully saturated rings. The van der Waals surface area contributed by atoms with E-state index in [1.54, 1.807) is 6.07 Å². The molecule has 1 aliphatic carbocycles. The van der Waals surface area contributed by atoms with Crippen molar-refractivity contribution in [1.29, 1.82) is 0 Å². The Bertz CT molecular complexity index is 623. The van der Waals surface area contributed by atoms with Gasteiger partial charge in [0, 0.05) is 24.0 Å². The summed E-state index contributed by atoms with van der Waals surface area (Å²) in [6.45, 7) is 2.10. The van der Waals surface area contributed by atoms with Gasteiger partial charge in [0.2, 0.25) is 0 Å². The molecular weight excluding hydrogens is 254 g/mol. The van der Waals surface area contributed by atoms with Crippen LogP contribution in [0.15, 0.2) is 18.3 Å². The third kappa shape index (κ3) is 2.54. The molecule has 20 heavy (non-hydrogen) atoms. The second-order valence-corrected chi connectivity index (χ2v) is 5.28. The van der Waals surface area contributed by atoms with Gasteiger partial charge >= 0.3 is 0 Å². The van der Waals surface area contributed by atoms with Gasteiger partial charge in [0.25, 0.3) is 5.91 Å². The Labute approximate surface area is 117 Å². The molecule has 0 bridgehead atoms. The maximum Gasteiger partial charge on any atom is 0.273 e. The number of nitrogens with zero attached hydrogens (tertiary/aromatic N) is 2. The third-order valence-corrected chi connectivity index (χ3v) is 3.43. The number of hydrogen-bond donors (Lipinski definition) is 3. The summed E-state index contributed by atoms with van der Waals surface area (Å²) in [6, 6.07) is 4.01. The Hall–Kier alpha value is -2.24. The van der Waals surface area contributed by atoms with Crippen LogP contribution in [0.5, 0.6) is 0 Å². The summed E-state index contributed by atoms with van der Waals surface area (Å²) < 4.78 is 1.96. The Kier molecular flexibility index (Phi) is 3.22. The van der Waals surface area contributed by atoms with E-state index in [1.165, 1.54) is 0 Å². The summed E-state index contributed by atoms with van der Waals surface area (Å²) in [7, 11) is 0. The number of aromatic nitrogens is 3. The lowest BCUT2D eigenvalue weighted by molar-refractivity contribution is 0.101. The van der Waals surface area contributed by atoms with Crippen LogP contribution < -0.4 is 11.1 Å². The molecule has 1 amide bonds. The van der Waals surface area contributed by atoms with E-state index in [-0.39, 0.29) is 5.91 Å². The summed E-state index contributed by atoms with van der Waals surface area (Å²) in [5, 5.41) is 9.84. The van der Waals surface area contributed by atoms with E-state index in [2.05, 4.69) is 22.4 Å². The van der Waals surface area contributed by atoms with Gasteiger partial charge < -0.3 is 15.6 Å². The molecule has 1 aliphatic rings. The first-order chi connectivity index (χ1) is 9.67. The number of hydrogen-bond acceptors (Lipinski definition) is 3. The number of rotatable bonds is 5. The number of nitrogen functional groups attached to an aromatic ring is 1. The first kappa shape index (κ1) is 12.8. The van der Waals surface area contributed by atoms with Crippen LogP contribution in [0.1, 0.15) is 48.4 Å². The topological polar surface area (TPSA) is 88.7 Å². The molecule has 2 aromatic heterocycles. The lowest BCUT2D eigenvalue weighted by atomic mass is 10.2. The highest BCUT2D eigenvalue weighted by Gasteiger charge is 2.27. The number of H-pyrrole nitrogens is 1. The zero-order valence-corrected chi connectivity index (χ0v) is 11.5. The minimum absolute atomic E-state index is 0.164. The van der Waals surface area contributed by atoms with E-state index >= 15 is 0 Å². The monoisotopic (exact) mass is 273 g/mol. The molecule has 2 heterocycles. The minimum atomic E-state index is -0.164. The van der Waals surface area contributed by atoms with Crippen LogP contribution in [0.25, 0.3) is 0 Å². The highest BCUT2D eigenvalue weighted by atomic mass is 16.2. The SMILES string of the molecule is CCCc1cc(NC(=O)c2cc(N)cn2C2CC2)n[nH]1. The van der Waals surface area contributed by atoms with Crippen molar-refractivity contribution in [2.24, 2.45) is 0 Å². The van der Waals surface area contributed by atoms with Crippen molar-refractivity contribution in [3.63, 3.8) is 0 Å². The average Bonchev–Trinajstić information content (AvgIpc) is 3.05. The second-order valence-electron chi connectivity index (χ2n) is 5.28. The van der Waals surface area contributed by atoms with Gasteiger partial charge in [-0.3, -0.25) is 9.89 Å². The van der Waals surface area contributed by atoms with Crippen LogP contribution >= 0.6 is 0 Å². The summed E-state index contributed by atoms with van der Waals surface area (Å²) in [6.07, 6.45) is 6.01. The quantitative estimate of drug-likeness (QED) is 0.781. The molecule has 6 heteroatoms. The molecule has 0 unspecified atom stereocenters. The molecular formula is C14H19N5O. The van der Waals surface area contributed by atoms with Crippen LogP contribution in [-0.4, -0.2) is 20.7 Å². The first-order valence-electron chi connectivity index (χ1n) is 7.00. The van der Waals surface area contributed by atoms with Gasteiger partial charge in [-0.1, -0.05) is 13.3 Å². The van der Waals surface area contributed by atoms with Gasteiger partial charge in [0.05, 0.1) is 5.69 Å². The van der Waals surface area contributed by atoms with Crippen LogP contribution in [0.2, 0.25) is 0 Å². The first-order valence-corrected chi connectivity index (χ1v) is 7.00. The van der Waals surface area contributed by atoms with Crippen molar-refractivity contribution in [3.8, 4) is 0 Å². The predicted molar refractivity (Wildman–Crippen MR) is 77.7 cm³/mol. The van der Waals surface area contributed by atoms with Crippen LogP contribution in [0.4, 0.5) is 11.5 Å². The third-order valence-electron chi connectivity index (χ3n) is 3.43. The number of nitrogens with two attached hydrogens (primary N) is 1. The Morgan fingerprint density at radius 1 is 1.55 bits per heavy atom. The maximum atomic E-state index is 12.3.